The number of pyridine rings is 1. The Morgan fingerprint density at radius 3 is 2.24 bits per heavy atom. The highest BCUT2D eigenvalue weighted by Crippen LogP contribution is 2.47. The van der Waals surface area contributed by atoms with Gasteiger partial charge in [0, 0.05) is 30.2 Å². The average molecular weight is 499 g/mol. The molecular weight excluding hydrogens is 460 g/mol. The molecule has 2 aliphatic carbocycles. The van der Waals surface area contributed by atoms with E-state index in [0.717, 1.165) is 41.8 Å². The van der Waals surface area contributed by atoms with Gasteiger partial charge in [-0.1, -0.05) is 43.9 Å². The highest BCUT2D eigenvalue weighted by atomic mass is 16.5. The zero-order valence-electron chi connectivity index (χ0n) is 21.9. The van der Waals surface area contributed by atoms with E-state index in [-0.39, 0.29) is 11.6 Å². The molecule has 0 N–H and O–H groups in total. The summed E-state index contributed by atoms with van der Waals surface area (Å²) in [5.74, 6) is 2.39. The van der Waals surface area contributed by atoms with E-state index in [1.54, 1.807) is 13.2 Å². The molecule has 4 heterocycles. The van der Waals surface area contributed by atoms with Crippen molar-refractivity contribution in [2.45, 2.75) is 94.8 Å². The van der Waals surface area contributed by atoms with Gasteiger partial charge in [0.2, 0.25) is 5.88 Å². The first-order valence-corrected chi connectivity index (χ1v) is 14.5. The summed E-state index contributed by atoms with van der Waals surface area (Å²) in [5, 5.41) is 0. The summed E-state index contributed by atoms with van der Waals surface area (Å²) in [6.45, 7) is 0. The summed E-state index contributed by atoms with van der Waals surface area (Å²) in [4.78, 5) is 26.5. The molecule has 37 heavy (non-hydrogen) atoms. The minimum absolute atomic E-state index is 0.0248. The maximum Gasteiger partial charge on any atom is 0.279 e. The molecule has 0 amide bonds. The van der Waals surface area contributed by atoms with Gasteiger partial charge < -0.3 is 9.30 Å². The average Bonchev–Trinajstić information content (AvgIpc) is 2.92. The van der Waals surface area contributed by atoms with Crippen LogP contribution in [0.3, 0.4) is 0 Å². The van der Waals surface area contributed by atoms with E-state index < -0.39 is 0 Å². The lowest BCUT2D eigenvalue weighted by molar-refractivity contribution is -0.0485. The van der Waals surface area contributed by atoms with Crippen molar-refractivity contribution >= 4 is 11.0 Å². The van der Waals surface area contributed by atoms with Crippen LogP contribution in [0.5, 0.6) is 5.88 Å². The van der Waals surface area contributed by atoms with Gasteiger partial charge in [-0.2, -0.15) is 0 Å². The molecule has 2 saturated heterocycles. The van der Waals surface area contributed by atoms with E-state index in [4.69, 9.17) is 9.72 Å². The van der Waals surface area contributed by atoms with Crippen molar-refractivity contribution in [2.24, 2.45) is 11.8 Å². The predicted octanol–water partition coefficient (Wildman–Crippen LogP) is 5.99. The van der Waals surface area contributed by atoms with Crippen molar-refractivity contribution in [3.8, 4) is 17.3 Å². The second-order valence-corrected chi connectivity index (χ2v) is 12.0. The lowest BCUT2D eigenvalue weighted by atomic mass is 9.68. The number of fused-ring (bicyclic) bond motifs is 5. The quantitative estimate of drug-likeness (QED) is 0.442. The summed E-state index contributed by atoms with van der Waals surface area (Å²) in [5.41, 5.74) is 2.78. The Balaban J connectivity index is 1.26. The highest BCUT2D eigenvalue weighted by molar-refractivity contribution is 5.77. The Labute approximate surface area is 219 Å². The lowest BCUT2D eigenvalue weighted by Gasteiger charge is -2.55. The van der Waals surface area contributed by atoms with Crippen LogP contribution in [0.25, 0.3) is 22.4 Å². The van der Waals surface area contributed by atoms with Crippen molar-refractivity contribution < 1.29 is 4.74 Å². The van der Waals surface area contributed by atoms with Crippen LogP contribution in [0, 0.1) is 11.8 Å². The monoisotopic (exact) mass is 498 g/mol. The number of rotatable bonds is 4. The van der Waals surface area contributed by atoms with Crippen molar-refractivity contribution in [1.29, 1.82) is 0 Å². The second kappa shape index (κ2) is 9.54. The topological polar surface area (TPSA) is 60.2 Å². The van der Waals surface area contributed by atoms with Crippen LogP contribution in [-0.4, -0.2) is 44.7 Å². The van der Waals surface area contributed by atoms with Crippen molar-refractivity contribution in [2.75, 3.05) is 7.11 Å². The number of para-hydroxylation sites is 2. The molecule has 0 radical (unpaired) electrons. The number of ether oxygens (including phenoxy) is 1. The first-order valence-electron chi connectivity index (χ1n) is 14.5. The minimum atomic E-state index is -0.0248. The number of hydrogen-bond donors (Lipinski definition) is 0. The van der Waals surface area contributed by atoms with Crippen molar-refractivity contribution in [3.05, 3.63) is 52.8 Å². The van der Waals surface area contributed by atoms with Crippen LogP contribution in [-0.2, 0) is 0 Å². The smallest absolute Gasteiger partial charge is 0.279 e. The first kappa shape index (κ1) is 23.4. The molecule has 6 nitrogen and oxygen atoms in total. The number of benzene rings is 1. The molecular formula is C31H38N4O2. The zero-order chi connectivity index (χ0) is 24.9. The maximum atomic E-state index is 14.1. The van der Waals surface area contributed by atoms with Crippen LogP contribution in [0.2, 0.25) is 0 Å². The van der Waals surface area contributed by atoms with E-state index >= 15 is 0 Å². The summed E-state index contributed by atoms with van der Waals surface area (Å²) in [6.07, 6.45) is 14.6. The number of nitrogens with zero attached hydrogens (tertiary/aromatic N) is 4. The molecule has 1 aromatic carbocycles. The second-order valence-electron chi connectivity index (χ2n) is 12.0. The van der Waals surface area contributed by atoms with Crippen LogP contribution < -0.4 is 10.3 Å². The van der Waals surface area contributed by atoms with Gasteiger partial charge in [0.05, 0.1) is 23.8 Å². The number of hydrogen-bond acceptors (Lipinski definition) is 5. The van der Waals surface area contributed by atoms with Gasteiger partial charge in [-0.3, -0.25) is 9.69 Å². The van der Waals surface area contributed by atoms with Crippen LogP contribution >= 0.6 is 0 Å². The maximum absolute atomic E-state index is 14.1. The zero-order valence-corrected chi connectivity index (χ0v) is 21.9. The Kier molecular flexibility index (Phi) is 6.03. The summed E-state index contributed by atoms with van der Waals surface area (Å²) < 4.78 is 7.42. The minimum Gasteiger partial charge on any atom is -0.481 e. The summed E-state index contributed by atoms with van der Waals surface area (Å²) in [6, 6.07) is 15.8. The van der Waals surface area contributed by atoms with E-state index in [9.17, 15) is 4.79 Å². The fourth-order valence-corrected chi connectivity index (χ4v) is 8.48. The molecule has 4 unspecified atom stereocenters. The van der Waals surface area contributed by atoms with E-state index in [1.807, 2.05) is 30.3 Å². The molecule has 2 aliphatic heterocycles. The molecule has 2 saturated carbocycles. The number of piperidine rings is 2. The molecule has 4 aliphatic rings. The molecule has 4 bridgehead atoms. The van der Waals surface area contributed by atoms with E-state index in [1.165, 1.54) is 57.8 Å². The third kappa shape index (κ3) is 4.18. The van der Waals surface area contributed by atoms with Gasteiger partial charge in [-0.15, -0.1) is 0 Å². The Bertz CT molecular complexity index is 1330. The first-order chi connectivity index (χ1) is 18.2. The summed E-state index contributed by atoms with van der Waals surface area (Å²) >= 11 is 0. The van der Waals surface area contributed by atoms with Crippen molar-refractivity contribution in [1.82, 2.24) is 19.4 Å². The van der Waals surface area contributed by atoms with Gasteiger partial charge in [-0.05, 0) is 75.0 Å². The third-order valence-corrected chi connectivity index (χ3v) is 9.87. The molecule has 3 aromatic rings. The van der Waals surface area contributed by atoms with Crippen LogP contribution in [0.1, 0.15) is 76.7 Å². The van der Waals surface area contributed by atoms with Gasteiger partial charge in [-0.25, -0.2) is 9.97 Å². The summed E-state index contributed by atoms with van der Waals surface area (Å²) in [7, 11) is 1.60. The van der Waals surface area contributed by atoms with Crippen LogP contribution in [0.4, 0.5) is 0 Å². The Hall–Kier alpha value is -2.73. The molecule has 7 rings (SSSR count). The number of aromatic nitrogens is 3. The predicted molar refractivity (Wildman–Crippen MR) is 146 cm³/mol. The SMILES string of the molecule is COc1cccc(-c2nc3ccccc3n(C3CC4CCCC(C3)N4C3CC4CCCC(C4)C3)c2=O)n1. The Morgan fingerprint density at radius 2 is 1.49 bits per heavy atom. The van der Waals surface area contributed by atoms with E-state index in [2.05, 4.69) is 20.5 Å². The fraction of sp³-hybridized carbons (Fsp3) is 0.581. The van der Waals surface area contributed by atoms with Gasteiger partial charge in [0.15, 0.2) is 5.69 Å². The van der Waals surface area contributed by atoms with Crippen LogP contribution in [0.15, 0.2) is 47.3 Å². The molecule has 4 atom stereocenters. The third-order valence-electron chi connectivity index (χ3n) is 9.87. The molecule has 2 aromatic heterocycles. The molecule has 6 heteroatoms. The normalized spacial score (nSPS) is 31.8. The Morgan fingerprint density at radius 1 is 0.757 bits per heavy atom. The highest BCUT2D eigenvalue weighted by Gasteiger charge is 2.45. The number of methoxy groups -OCH3 is 1. The van der Waals surface area contributed by atoms with Gasteiger partial charge in [0.25, 0.3) is 5.56 Å². The largest absolute Gasteiger partial charge is 0.481 e. The van der Waals surface area contributed by atoms with Crippen molar-refractivity contribution in [3.63, 3.8) is 0 Å². The standard InChI is InChI=1S/C31H38N4O2/c1-37-29-14-6-12-27(32-29)30-31(36)35(28-13-3-2-11-26(28)33-30)25-18-22-9-5-10-23(19-25)34(22)24-16-20-7-4-8-21(15-20)17-24/h2-3,6,11-14,20-25H,4-5,7-10,15-19H2,1H3. The molecule has 0 spiro atoms. The fourth-order valence-electron chi connectivity index (χ4n) is 8.48. The lowest BCUT2D eigenvalue weighted by Crippen LogP contribution is -2.58. The molecule has 194 valence electrons. The van der Waals surface area contributed by atoms with Gasteiger partial charge in [0.1, 0.15) is 0 Å². The van der Waals surface area contributed by atoms with E-state index in [0.29, 0.717) is 29.4 Å². The van der Waals surface area contributed by atoms with Gasteiger partial charge >= 0.3 is 0 Å². The molecule has 4 fully saturated rings.